The van der Waals surface area contributed by atoms with E-state index in [1.807, 2.05) is 48.8 Å². The average Bonchev–Trinajstić information content (AvgIpc) is 3.32. The molecule has 162 valence electrons. The number of H-pyrrole nitrogens is 1. The Kier molecular flexibility index (Phi) is 6.99. The predicted octanol–water partition coefficient (Wildman–Crippen LogP) is 3.86. The average molecular weight is 419 g/mol. The van der Waals surface area contributed by atoms with Crippen molar-refractivity contribution in [2.75, 3.05) is 32.7 Å². The van der Waals surface area contributed by atoms with Crippen molar-refractivity contribution in [3.8, 4) is 5.75 Å². The Morgan fingerprint density at radius 3 is 2.52 bits per heavy atom. The fourth-order valence-corrected chi connectivity index (χ4v) is 3.89. The lowest BCUT2D eigenvalue weighted by Crippen LogP contribution is -2.49. The number of benzene rings is 1. The van der Waals surface area contributed by atoms with Crippen molar-refractivity contribution in [1.82, 2.24) is 19.8 Å². The maximum absolute atomic E-state index is 12.5. The van der Waals surface area contributed by atoms with Crippen molar-refractivity contribution in [3.05, 3.63) is 83.4 Å². The number of pyridine rings is 1. The number of nitrogens with zero attached hydrogens (tertiary/aromatic N) is 3. The number of hydrogen-bond acceptors (Lipinski definition) is 4. The van der Waals surface area contributed by atoms with Crippen molar-refractivity contribution >= 4 is 6.09 Å². The summed E-state index contributed by atoms with van der Waals surface area (Å²) < 4.78 is 5.60. The molecule has 0 atom stereocenters. The lowest BCUT2D eigenvalue weighted by Gasteiger charge is -2.33. The van der Waals surface area contributed by atoms with E-state index >= 15 is 0 Å². The number of rotatable bonds is 7. The monoisotopic (exact) mass is 418 g/mol. The van der Waals surface area contributed by atoms with E-state index in [9.17, 15) is 4.79 Å². The molecule has 0 bridgehead atoms. The SMILES string of the molecule is Cc1cccnc1CCc1ccc(OC(=O)N2CCN(CCc3ccc[nH]3)CC2)cc1. The Labute approximate surface area is 183 Å². The first kappa shape index (κ1) is 21.1. The smallest absolute Gasteiger partial charge is 0.410 e. The molecule has 2 aromatic heterocycles. The highest BCUT2D eigenvalue weighted by Crippen LogP contribution is 2.16. The van der Waals surface area contributed by atoms with E-state index in [1.165, 1.54) is 16.8 Å². The molecule has 6 nitrogen and oxygen atoms in total. The zero-order valence-electron chi connectivity index (χ0n) is 18.1. The lowest BCUT2D eigenvalue weighted by molar-refractivity contribution is 0.111. The van der Waals surface area contributed by atoms with Gasteiger partial charge in [0, 0.05) is 62.9 Å². The van der Waals surface area contributed by atoms with Crippen molar-refractivity contribution in [2.45, 2.75) is 26.2 Å². The molecule has 31 heavy (non-hydrogen) atoms. The second kappa shape index (κ2) is 10.3. The minimum Gasteiger partial charge on any atom is -0.410 e. The molecule has 1 N–H and O–H groups in total. The van der Waals surface area contributed by atoms with Gasteiger partial charge in [0.15, 0.2) is 0 Å². The molecule has 1 aromatic carbocycles. The first-order valence-corrected chi connectivity index (χ1v) is 11.0. The van der Waals surface area contributed by atoms with Crippen molar-refractivity contribution in [2.24, 2.45) is 0 Å². The molecule has 0 saturated carbocycles. The summed E-state index contributed by atoms with van der Waals surface area (Å²) in [5, 5.41) is 0. The van der Waals surface area contributed by atoms with Crippen LogP contribution >= 0.6 is 0 Å². The first-order chi connectivity index (χ1) is 15.2. The minimum atomic E-state index is -0.263. The van der Waals surface area contributed by atoms with Gasteiger partial charge in [-0.15, -0.1) is 0 Å². The van der Waals surface area contributed by atoms with Crippen molar-refractivity contribution in [1.29, 1.82) is 0 Å². The molecule has 4 rings (SSSR count). The summed E-state index contributed by atoms with van der Waals surface area (Å²) in [6.07, 6.45) is 6.35. The maximum Gasteiger partial charge on any atom is 0.415 e. The van der Waals surface area contributed by atoms with E-state index in [4.69, 9.17) is 4.74 Å². The summed E-state index contributed by atoms with van der Waals surface area (Å²) in [5.41, 5.74) is 4.81. The van der Waals surface area contributed by atoms with Crippen molar-refractivity contribution < 1.29 is 9.53 Å². The van der Waals surface area contributed by atoms with Crippen LogP contribution in [0.2, 0.25) is 0 Å². The van der Waals surface area contributed by atoms with E-state index < -0.39 is 0 Å². The molecular weight excluding hydrogens is 388 g/mol. The third-order valence-electron chi connectivity index (χ3n) is 5.89. The van der Waals surface area contributed by atoms with E-state index in [0.717, 1.165) is 44.6 Å². The van der Waals surface area contributed by atoms with Gasteiger partial charge in [0.1, 0.15) is 5.75 Å². The Balaban J connectivity index is 1.20. The van der Waals surface area contributed by atoms with Crippen LogP contribution in [0, 0.1) is 6.92 Å². The Hall–Kier alpha value is -3.12. The van der Waals surface area contributed by atoms with Gasteiger partial charge in [-0.05, 0) is 61.2 Å². The molecule has 1 amide bonds. The van der Waals surface area contributed by atoms with Gasteiger partial charge in [0.05, 0.1) is 0 Å². The quantitative estimate of drug-likeness (QED) is 0.633. The lowest BCUT2D eigenvalue weighted by atomic mass is 10.1. The largest absolute Gasteiger partial charge is 0.415 e. The number of carbonyl (C=O) groups excluding carboxylic acids is 1. The number of carbonyl (C=O) groups is 1. The maximum atomic E-state index is 12.5. The number of aryl methyl sites for hydroxylation is 3. The van der Waals surface area contributed by atoms with Gasteiger partial charge in [-0.1, -0.05) is 18.2 Å². The third kappa shape index (κ3) is 5.95. The first-order valence-electron chi connectivity index (χ1n) is 11.0. The van der Waals surface area contributed by atoms with Crippen LogP contribution in [-0.2, 0) is 19.3 Å². The Morgan fingerprint density at radius 2 is 1.81 bits per heavy atom. The number of aromatic nitrogens is 2. The Morgan fingerprint density at radius 1 is 1.00 bits per heavy atom. The predicted molar refractivity (Wildman–Crippen MR) is 121 cm³/mol. The molecule has 1 fully saturated rings. The van der Waals surface area contributed by atoms with Gasteiger partial charge in [-0.25, -0.2) is 4.79 Å². The molecule has 0 radical (unpaired) electrons. The number of amides is 1. The van der Waals surface area contributed by atoms with Crippen LogP contribution < -0.4 is 4.74 Å². The van der Waals surface area contributed by atoms with E-state index in [-0.39, 0.29) is 6.09 Å². The number of nitrogens with one attached hydrogen (secondary N) is 1. The van der Waals surface area contributed by atoms with Gasteiger partial charge in [-0.3, -0.25) is 9.88 Å². The third-order valence-corrected chi connectivity index (χ3v) is 5.89. The summed E-state index contributed by atoms with van der Waals surface area (Å²) in [7, 11) is 0. The molecule has 1 aliphatic rings. The number of aromatic amines is 1. The summed E-state index contributed by atoms with van der Waals surface area (Å²) >= 11 is 0. The number of hydrogen-bond donors (Lipinski definition) is 1. The van der Waals surface area contributed by atoms with Crippen LogP contribution in [-0.4, -0.2) is 58.6 Å². The van der Waals surface area contributed by atoms with Crippen LogP contribution in [0.5, 0.6) is 5.75 Å². The van der Waals surface area contributed by atoms with E-state index in [2.05, 4.69) is 33.9 Å². The molecule has 1 aliphatic heterocycles. The second-order valence-electron chi connectivity index (χ2n) is 8.05. The summed E-state index contributed by atoms with van der Waals surface area (Å²) in [6.45, 7) is 6.25. The van der Waals surface area contributed by atoms with E-state index in [1.54, 1.807) is 4.90 Å². The standard InChI is InChI=1S/C25H30N4O2/c1-20-4-2-14-27-24(20)11-8-21-6-9-23(10-7-21)31-25(30)29-18-16-28(17-19-29)15-12-22-5-3-13-26-22/h2-7,9-10,13-14,26H,8,11-12,15-19H2,1H3. The van der Waals surface area contributed by atoms with Crippen LogP contribution in [0.4, 0.5) is 4.79 Å². The van der Waals surface area contributed by atoms with Gasteiger partial charge in [0.25, 0.3) is 0 Å². The van der Waals surface area contributed by atoms with E-state index in [0.29, 0.717) is 18.8 Å². The molecule has 0 aliphatic carbocycles. The zero-order chi connectivity index (χ0) is 21.5. The number of ether oxygens (including phenoxy) is 1. The normalized spacial score (nSPS) is 14.5. The number of piperazine rings is 1. The molecule has 3 heterocycles. The molecule has 0 unspecified atom stereocenters. The van der Waals surface area contributed by atoms with Crippen molar-refractivity contribution in [3.63, 3.8) is 0 Å². The van der Waals surface area contributed by atoms with Crippen LogP contribution in [0.25, 0.3) is 0 Å². The zero-order valence-corrected chi connectivity index (χ0v) is 18.1. The van der Waals surface area contributed by atoms with Crippen LogP contribution in [0.15, 0.2) is 60.9 Å². The molecule has 6 heteroatoms. The summed E-state index contributed by atoms with van der Waals surface area (Å²) in [6, 6.07) is 16.0. The Bertz CT molecular complexity index is 961. The fourth-order valence-electron chi connectivity index (χ4n) is 3.89. The molecular formula is C25H30N4O2. The highest BCUT2D eigenvalue weighted by atomic mass is 16.6. The summed E-state index contributed by atoms with van der Waals surface area (Å²) in [5.74, 6) is 0.594. The van der Waals surface area contributed by atoms with Gasteiger partial charge < -0.3 is 14.6 Å². The van der Waals surface area contributed by atoms with Crippen LogP contribution in [0.1, 0.15) is 22.5 Å². The highest BCUT2D eigenvalue weighted by Gasteiger charge is 2.22. The molecule has 0 spiro atoms. The van der Waals surface area contributed by atoms with Gasteiger partial charge >= 0.3 is 6.09 Å². The van der Waals surface area contributed by atoms with Gasteiger partial charge in [0.2, 0.25) is 0 Å². The molecule has 3 aromatic rings. The molecule has 1 saturated heterocycles. The van der Waals surface area contributed by atoms with Crippen LogP contribution in [0.3, 0.4) is 0 Å². The topological polar surface area (TPSA) is 61.5 Å². The summed E-state index contributed by atoms with van der Waals surface area (Å²) in [4.78, 5) is 24.4. The second-order valence-corrected chi connectivity index (χ2v) is 8.05. The van der Waals surface area contributed by atoms with Gasteiger partial charge in [-0.2, -0.15) is 0 Å². The minimum absolute atomic E-state index is 0.263. The highest BCUT2D eigenvalue weighted by molar-refractivity contribution is 5.70. The fraction of sp³-hybridized carbons (Fsp3) is 0.360.